The van der Waals surface area contributed by atoms with Crippen LogP contribution in [-0.4, -0.2) is 53.0 Å². The third kappa shape index (κ3) is 3.65. The number of aliphatic hydroxyl groups excluding tert-OH is 1. The van der Waals surface area contributed by atoms with Gasteiger partial charge in [0, 0.05) is 31.1 Å². The Morgan fingerprint density at radius 1 is 1.28 bits per heavy atom. The van der Waals surface area contributed by atoms with Crippen LogP contribution in [0.15, 0.2) is 23.2 Å². The van der Waals surface area contributed by atoms with E-state index in [1.165, 1.54) is 16.2 Å². The molecule has 3 heterocycles. The smallest absolute Gasteiger partial charge is 0.277 e. The Hall–Kier alpha value is -1.66. The van der Waals surface area contributed by atoms with Crippen molar-refractivity contribution in [3.63, 3.8) is 0 Å². The van der Waals surface area contributed by atoms with Gasteiger partial charge in [-0.25, -0.2) is 0 Å². The van der Waals surface area contributed by atoms with E-state index in [-0.39, 0.29) is 24.3 Å². The number of likely N-dealkylation sites (tertiary alicyclic amines) is 1. The Balaban J connectivity index is 1.91. The molecule has 0 saturated carbocycles. The predicted octanol–water partition coefficient (Wildman–Crippen LogP) is 2.72. The minimum absolute atomic E-state index is 0.125. The van der Waals surface area contributed by atoms with Crippen molar-refractivity contribution in [3.05, 3.63) is 28.1 Å². The molecule has 0 radical (unpaired) electrons. The van der Waals surface area contributed by atoms with E-state index in [4.69, 9.17) is 0 Å². The first-order valence-electron chi connectivity index (χ1n) is 9.17. The summed E-state index contributed by atoms with van der Waals surface area (Å²) in [5.74, 6) is -0.157. The normalized spacial score (nSPS) is 21.6. The van der Waals surface area contributed by atoms with Crippen LogP contribution in [0.25, 0.3) is 5.57 Å². The second-order valence-corrected chi connectivity index (χ2v) is 7.75. The molecule has 6 heteroatoms. The summed E-state index contributed by atoms with van der Waals surface area (Å²) in [5, 5.41) is 11.4. The van der Waals surface area contributed by atoms with E-state index in [9.17, 15) is 14.7 Å². The fourth-order valence-electron chi connectivity index (χ4n) is 3.64. The van der Waals surface area contributed by atoms with Crippen LogP contribution in [-0.2, 0) is 9.59 Å². The van der Waals surface area contributed by atoms with Crippen LogP contribution in [0, 0.1) is 5.92 Å². The third-order valence-corrected chi connectivity index (χ3v) is 5.88. The quantitative estimate of drug-likeness (QED) is 0.598. The predicted molar refractivity (Wildman–Crippen MR) is 98.9 cm³/mol. The number of piperidine rings is 1. The molecule has 1 N–H and O–H groups in total. The lowest BCUT2D eigenvalue weighted by molar-refractivity contribution is -0.137. The minimum atomic E-state index is -0.164. The highest BCUT2D eigenvalue weighted by Crippen LogP contribution is 2.35. The summed E-state index contributed by atoms with van der Waals surface area (Å²) in [5.41, 5.74) is 1.09. The van der Waals surface area contributed by atoms with Crippen molar-refractivity contribution < 1.29 is 14.7 Å². The molecule has 0 bridgehead atoms. The highest BCUT2D eigenvalue weighted by Gasteiger charge is 2.42. The van der Waals surface area contributed by atoms with E-state index < -0.39 is 0 Å². The molecule has 1 atom stereocenters. The van der Waals surface area contributed by atoms with Crippen LogP contribution in [0.2, 0.25) is 0 Å². The van der Waals surface area contributed by atoms with Crippen molar-refractivity contribution in [2.45, 2.75) is 39.0 Å². The molecule has 2 aliphatic rings. The van der Waals surface area contributed by atoms with Gasteiger partial charge in [-0.3, -0.25) is 14.5 Å². The molecule has 1 aromatic heterocycles. The van der Waals surface area contributed by atoms with Crippen LogP contribution in [0.3, 0.4) is 0 Å². The van der Waals surface area contributed by atoms with Gasteiger partial charge in [-0.15, -0.1) is 11.3 Å². The number of nitrogens with zero attached hydrogens (tertiary/aromatic N) is 2. The number of carbonyl (C=O) groups excluding carboxylic acids is 2. The Morgan fingerprint density at radius 2 is 2.12 bits per heavy atom. The fraction of sp³-hybridized carbons (Fsp3) is 0.579. The van der Waals surface area contributed by atoms with Crippen molar-refractivity contribution in [1.29, 1.82) is 0 Å². The summed E-state index contributed by atoms with van der Waals surface area (Å²) in [7, 11) is 0. The van der Waals surface area contributed by atoms with E-state index in [2.05, 4.69) is 6.92 Å². The maximum atomic E-state index is 13.1. The topological polar surface area (TPSA) is 60.9 Å². The van der Waals surface area contributed by atoms with Crippen LogP contribution in [0.4, 0.5) is 0 Å². The lowest BCUT2D eigenvalue weighted by Gasteiger charge is -2.34. The molecule has 1 saturated heterocycles. The zero-order valence-corrected chi connectivity index (χ0v) is 15.6. The molecular weight excluding hydrogens is 336 g/mol. The van der Waals surface area contributed by atoms with Crippen LogP contribution in [0.5, 0.6) is 0 Å². The minimum Gasteiger partial charge on any atom is -0.396 e. The van der Waals surface area contributed by atoms with Crippen molar-refractivity contribution >= 4 is 28.7 Å². The van der Waals surface area contributed by atoms with E-state index >= 15 is 0 Å². The Morgan fingerprint density at radius 3 is 2.80 bits per heavy atom. The number of hydrogen-bond donors (Lipinski definition) is 1. The maximum absolute atomic E-state index is 13.1. The van der Waals surface area contributed by atoms with Crippen molar-refractivity contribution in [3.8, 4) is 0 Å². The Labute approximate surface area is 152 Å². The summed E-state index contributed by atoms with van der Waals surface area (Å²) in [6.45, 7) is 4.13. The number of aliphatic hydroxyl groups is 1. The molecule has 1 fully saturated rings. The first-order chi connectivity index (χ1) is 12.2. The van der Waals surface area contributed by atoms with Gasteiger partial charge in [0.25, 0.3) is 11.8 Å². The zero-order chi connectivity index (χ0) is 17.8. The Bertz CT molecular complexity index is 654. The number of imide groups is 1. The molecule has 1 aromatic rings. The molecule has 5 nitrogen and oxygen atoms in total. The summed E-state index contributed by atoms with van der Waals surface area (Å²) in [6.07, 6.45) is 4.81. The number of amides is 2. The van der Waals surface area contributed by atoms with Crippen molar-refractivity contribution in [2.75, 3.05) is 26.2 Å². The first kappa shape index (κ1) is 18.1. The average molecular weight is 362 g/mol. The van der Waals surface area contributed by atoms with E-state index in [1.54, 1.807) is 0 Å². The van der Waals surface area contributed by atoms with Gasteiger partial charge in [0.15, 0.2) is 0 Å². The molecule has 0 spiro atoms. The molecule has 0 aromatic carbocycles. The van der Waals surface area contributed by atoms with Crippen molar-refractivity contribution in [2.24, 2.45) is 5.92 Å². The SMILES string of the molecule is CCCCCN1C(=O)C(c2cccs2)=C(N2CCCC(CO)C2)C1=O. The van der Waals surface area contributed by atoms with E-state index in [1.807, 2.05) is 22.4 Å². The highest BCUT2D eigenvalue weighted by molar-refractivity contribution is 7.11. The van der Waals surface area contributed by atoms with Gasteiger partial charge >= 0.3 is 0 Å². The maximum Gasteiger partial charge on any atom is 0.277 e. The molecule has 1 unspecified atom stereocenters. The van der Waals surface area contributed by atoms with Gasteiger partial charge in [0.05, 0.1) is 5.57 Å². The van der Waals surface area contributed by atoms with E-state index in [0.717, 1.165) is 43.5 Å². The zero-order valence-electron chi connectivity index (χ0n) is 14.7. The molecule has 136 valence electrons. The third-order valence-electron chi connectivity index (χ3n) is 4.99. The molecule has 0 aliphatic carbocycles. The fourth-order valence-corrected chi connectivity index (χ4v) is 4.40. The van der Waals surface area contributed by atoms with Crippen molar-refractivity contribution in [1.82, 2.24) is 9.80 Å². The van der Waals surface area contributed by atoms with Gasteiger partial charge in [-0.1, -0.05) is 25.8 Å². The molecule has 2 amide bonds. The van der Waals surface area contributed by atoms with Crippen LogP contribution in [0.1, 0.15) is 43.9 Å². The second-order valence-electron chi connectivity index (χ2n) is 6.81. The summed E-state index contributed by atoms with van der Waals surface area (Å²) < 4.78 is 0. The number of thiophene rings is 1. The number of unbranched alkanes of at least 4 members (excludes halogenated alkanes) is 2. The average Bonchev–Trinajstić information content (AvgIpc) is 3.23. The molecule has 2 aliphatic heterocycles. The van der Waals surface area contributed by atoms with Crippen LogP contribution < -0.4 is 0 Å². The van der Waals surface area contributed by atoms with Gasteiger partial charge in [-0.2, -0.15) is 0 Å². The lowest BCUT2D eigenvalue weighted by atomic mass is 9.98. The number of rotatable bonds is 7. The second kappa shape index (κ2) is 8.15. The van der Waals surface area contributed by atoms with Gasteiger partial charge < -0.3 is 10.0 Å². The van der Waals surface area contributed by atoms with Crippen LogP contribution >= 0.6 is 11.3 Å². The summed E-state index contributed by atoms with van der Waals surface area (Å²) in [6, 6.07) is 3.82. The molecule has 25 heavy (non-hydrogen) atoms. The highest BCUT2D eigenvalue weighted by atomic mass is 32.1. The molecular formula is C19H26N2O3S. The largest absolute Gasteiger partial charge is 0.396 e. The first-order valence-corrected chi connectivity index (χ1v) is 10.1. The lowest BCUT2D eigenvalue weighted by Crippen LogP contribution is -2.40. The molecule has 3 rings (SSSR count). The summed E-state index contributed by atoms with van der Waals surface area (Å²) >= 11 is 1.50. The Kier molecular flexibility index (Phi) is 5.91. The van der Waals surface area contributed by atoms with Gasteiger partial charge in [0.2, 0.25) is 0 Å². The van der Waals surface area contributed by atoms with E-state index in [0.29, 0.717) is 24.4 Å². The number of carbonyl (C=O) groups is 2. The van der Waals surface area contributed by atoms with Gasteiger partial charge in [0.1, 0.15) is 5.70 Å². The summed E-state index contributed by atoms with van der Waals surface area (Å²) in [4.78, 5) is 30.4. The standard InChI is InChI=1S/C19H26N2O3S/c1-2-3-4-10-21-18(23)16(15-8-6-11-25-15)17(19(21)24)20-9-5-7-14(12-20)13-22/h6,8,11,14,22H,2-5,7,9-10,12-13H2,1H3. The van der Waals surface area contributed by atoms with Gasteiger partial charge in [-0.05, 0) is 36.6 Å². The monoisotopic (exact) mass is 362 g/mol. The number of hydrogen-bond acceptors (Lipinski definition) is 5.